The lowest BCUT2D eigenvalue weighted by molar-refractivity contribution is -0.119. The highest BCUT2D eigenvalue weighted by Crippen LogP contribution is 2.10. The molecule has 0 radical (unpaired) electrons. The molecule has 0 unspecified atom stereocenters. The molecule has 1 aromatic rings. The Morgan fingerprint density at radius 2 is 1.87 bits per heavy atom. The van der Waals surface area contributed by atoms with Crippen molar-refractivity contribution in [1.82, 2.24) is 16.0 Å². The lowest BCUT2D eigenvalue weighted by Crippen LogP contribution is -2.39. The maximum absolute atomic E-state index is 11.9. The van der Waals surface area contributed by atoms with Crippen LogP contribution in [-0.2, 0) is 16.1 Å². The van der Waals surface area contributed by atoms with Gasteiger partial charge in [0.15, 0.2) is 5.96 Å². The van der Waals surface area contributed by atoms with Gasteiger partial charge in [-0.2, -0.15) is 0 Å². The van der Waals surface area contributed by atoms with Crippen LogP contribution in [0.4, 0.5) is 0 Å². The van der Waals surface area contributed by atoms with E-state index in [1.165, 1.54) is 0 Å². The Morgan fingerprint density at radius 1 is 1.13 bits per heavy atom. The molecule has 0 saturated heterocycles. The van der Waals surface area contributed by atoms with Gasteiger partial charge in [-0.15, -0.1) is 0 Å². The summed E-state index contributed by atoms with van der Waals surface area (Å²) in [6.07, 6.45) is 0. The monoisotopic (exact) mass is 322 g/mol. The van der Waals surface area contributed by atoms with Crippen LogP contribution in [0.1, 0.15) is 12.5 Å². The summed E-state index contributed by atoms with van der Waals surface area (Å²) in [5, 5.41) is 8.99. The highest BCUT2D eigenvalue weighted by Gasteiger charge is 2.02. The maximum atomic E-state index is 11.9. The van der Waals surface area contributed by atoms with Crippen molar-refractivity contribution in [2.24, 2.45) is 4.99 Å². The predicted octanol–water partition coefficient (Wildman–Crippen LogP) is 0.513. The molecule has 128 valence electrons. The van der Waals surface area contributed by atoms with Crippen LogP contribution in [0, 0.1) is 0 Å². The van der Waals surface area contributed by atoms with E-state index < -0.39 is 0 Å². The maximum Gasteiger partial charge on any atom is 0.242 e. The zero-order valence-corrected chi connectivity index (χ0v) is 14.0. The molecule has 23 heavy (non-hydrogen) atoms. The normalized spacial score (nSPS) is 11.0. The van der Waals surface area contributed by atoms with Crippen LogP contribution >= 0.6 is 0 Å². The molecule has 7 heteroatoms. The summed E-state index contributed by atoms with van der Waals surface area (Å²) in [6.45, 7) is 4.44. The summed E-state index contributed by atoms with van der Waals surface area (Å²) in [5.74, 6) is 1.26. The molecule has 0 atom stereocenters. The van der Waals surface area contributed by atoms with Crippen LogP contribution in [0.3, 0.4) is 0 Å². The molecule has 3 N–H and O–H groups in total. The van der Waals surface area contributed by atoms with Crippen LogP contribution in [0.5, 0.6) is 5.75 Å². The van der Waals surface area contributed by atoms with E-state index in [-0.39, 0.29) is 12.5 Å². The van der Waals surface area contributed by atoms with Gasteiger partial charge in [0.2, 0.25) is 5.91 Å². The molecule has 0 spiro atoms. The second kappa shape index (κ2) is 11.3. The number of rotatable bonds is 9. The van der Waals surface area contributed by atoms with Crippen molar-refractivity contribution in [3.8, 4) is 5.75 Å². The standard InChI is InChI=1S/C16H26N4O3/c1-4-17-16(18-9-10-22-2)20-12-15(21)19-11-13-5-7-14(23-3)8-6-13/h5-8H,4,9-12H2,1-3H3,(H,19,21)(H2,17,18,20). The summed E-state index contributed by atoms with van der Waals surface area (Å²) in [4.78, 5) is 16.1. The summed E-state index contributed by atoms with van der Waals surface area (Å²) in [5.41, 5.74) is 1.01. The van der Waals surface area contributed by atoms with E-state index >= 15 is 0 Å². The third-order valence-corrected chi connectivity index (χ3v) is 2.97. The van der Waals surface area contributed by atoms with Gasteiger partial charge in [-0.25, -0.2) is 4.99 Å². The molecule has 0 heterocycles. The van der Waals surface area contributed by atoms with Crippen molar-refractivity contribution < 1.29 is 14.3 Å². The third-order valence-electron chi connectivity index (χ3n) is 2.97. The van der Waals surface area contributed by atoms with Gasteiger partial charge >= 0.3 is 0 Å². The van der Waals surface area contributed by atoms with Crippen molar-refractivity contribution >= 4 is 11.9 Å². The molecular formula is C16H26N4O3. The SMILES string of the molecule is CCNC(=NCC(=O)NCc1ccc(OC)cc1)NCCOC. The van der Waals surface area contributed by atoms with Gasteiger partial charge in [-0.05, 0) is 24.6 Å². The van der Waals surface area contributed by atoms with Crippen LogP contribution in [0.2, 0.25) is 0 Å². The first-order chi connectivity index (χ1) is 11.2. The first-order valence-electron chi connectivity index (χ1n) is 7.60. The summed E-state index contributed by atoms with van der Waals surface area (Å²) in [6, 6.07) is 7.56. The molecule has 0 aliphatic heterocycles. The van der Waals surface area contributed by atoms with E-state index in [0.29, 0.717) is 25.7 Å². The number of guanidine groups is 1. The first-order valence-corrected chi connectivity index (χ1v) is 7.60. The Kier molecular flexibility index (Phi) is 9.23. The van der Waals surface area contributed by atoms with Gasteiger partial charge in [0, 0.05) is 26.7 Å². The number of aliphatic imine (C=N–C) groups is 1. The highest BCUT2D eigenvalue weighted by atomic mass is 16.5. The second-order valence-electron chi connectivity index (χ2n) is 4.74. The molecule has 1 amide bonds. The first kappa shape index (κ1) is 18.8. The smallest absolute Gasteiger partial charge is 0.242 e. The molecule has 1 rings (SSSR count). The van der Waals surface area contributed by atoms with E-state index in [1.807, 2.05) is 31.2 Å². The minimum Gasteiger partial charge on any atom is -0.497 e. The van der Waals surface area contributed by atoms with Gasteiger partial charge in [-0.3, -0.25) is 4.79 Å². The lowest BCUT2D eigenvalue weighted by Gasteiger charge is -2.10. The Labute approximate surface area is 137 Å². The molecule has 0 aliphatic rings. The number of carbonyl (C=O) groups excluding carboxylic acids is 1. The van der Waals surface area contributed by atoms with Crippen molar-refractivity contribution in [2.45, 2.75) is 13.5 Å². The number of nitrogens with one attached hydrogen (secondary N) is 3. The fourth-order valence-corrected chi connectivity index (χ4v) is 1.76. The number of amides is 1. The minimum atomic E-state index is -0.134. The molecule has 1 aromatic carbocycles. The van der Waals surface area contributed by atoms with Crippen LogP contribution in [0.15, 0.2) is 29.3 Å². The van der Waals surface area contributed by atoms with Gasteiger partial charge in [0.25, 0.3) is 0 Å². The number of methoxy groups -OCH3 is 2. The van der Waals surface area contributed by atoms with Crippen molar-refractivity contribution in [1.29, 1.82) is 0 Å². The third kappa shape index (κ3) is 8.06. The van der Waals surface area contributed by atoms with Gasteiger partial charge in [0.1, 0.15) is 12.3 Å². The topological polar surface area (TPSA) is 84.0 Å². The number of benzene rings is 1. The Morgan fingerprint density at radius 3 is 2.48 bits per heavy atom. The molecule has 0 bridgehead atoms. The fourth-order valence-electron chi connectivity index (χ4n) is 1.76. The number of carbonyl (C=O) groups is 1. The minimum absolute atomic E-state index is 0.0679. The van der Waals surface area contributed by atoms with E-state index in [9.17, 15) is 4.79 Å². The molecule has 0 aliphatic carbocycles. The van der Waals surface area contributed by atoms with Gasteiger partial charge in [0.05, 0.1) is 13.7 Å². The number of ether oxygens (including phenoxy) is 2. The van der Waals surface area contributed by atoms with E-state index in [1.54, 1.807) is 14.2 Å². The van der Waals surface area contributed by atoms with Crippen LogP contribution in [-0.4, -0.2) is 52.3 Å². The second-order valence-corrected chi connectivity index (χ2v) is 4.74. The summed E-state index contributed by atoms with van der Waals surface area (Å²) >= 11 is 0. The zero-order valence-electron chi connectivity index (χ0n) is 14.0. The summed E-state index contributed by atoms with van der Waals surface area (Å²) in [7, 11) is 3.26. The Balaban J connectivity index is 2.38. The number of hydrogen-bond acceptors (Lipinski definition) is 4. The van der Waals surface area contributed by atoms with Gasteiger partial charge < -0.3 is 25.4 Å². The predicted molar refractivity (Wildman–Crippen MR) is 90.7 cm³/mol. The van der Waals surface area contributed by atoms with E-state index in [0.717, 1.165) is 17.9 Å². The van der Waals surface area contributed by atoms with Gasteiger partial charge in [-0.1, -0.05) is 12.1 Å². The molecule has 0 aromatic heterocycles. The van der Waals surface area contributed by atoms with Crippen molar-refractivity contribution in [3.05, 3.63) is 29.8 Å². The lowest BCUT2D eigenvalue weighted by atomic mass is 10.2. The van der Waals surface area contributed by atoms with E-state index in [2.05, 4.69) is 20.9 Å². The molecule has 0 fully saturated rings. The fraction of sp³-hybridized carbons (Fsp3) is 0.500. The van der Waals surface area contributed by atoms with E-state index in [4.69, 9.17) is 9.47 Å². The zero-order chi connectivity index (χ0) is 16.9. The molecule has 0 saturated carbocycles. The average molecular weight is 322 g/mol. The van der Waals surface area contributed by atoms with Crippen LogP contribution in [0.25, 0.3) is 0 Å². The Bertz CT molecular complexity index is 489. The molecular weight excluding hydrogens is 296 g/mol. The Hall–Kier alpha value is -2.28. The largest absolute Gasteiger partial charge is 0.497 e. The van der Waals surface area contributed by atoms with Crippen LogP contribution < -0.4 is 20.7 Å². The number of nitrogens with zero attached hydrogens (tertiary/aromatic N) is 1. The summed E-state index contributed by atoms with van der Waals surface area (Å²) < 4.78 is 10.1. The number of hydrogen-bond donors (Lipinski definition) is 3. The van der Waals surface area contributed by atoms with Crippen molar-refractivity contribution in [3.63, 3.8) is 0 Å². The quantitative estimate of drug-likeness (QED) is 0.350. The average Bonchev–Trinajstić information content (AvgIpc) is 2.58. The highest BCUT2D eigenvalue weighted by molar-refractivity contribution is 5.84. The van der Waals surface area contributed by atoms with Crippen molar-refractivity contribution in [2.75, 3.05) is 40.5 Å². The molecule has 7 nitrogen and oxygen atoms in total.